The fourth-order valence-electron chi connectivity index (χ4n) is 3.59. The maximum absolute atomic E-state index is 7.03. The molecule has 0 unspecified atom stereocenters. The van der Waals surface area contributed by atoms with Crippen molar-refractivity contribution < 1.29 is 13.9 Å². The minimum absolute atomic E-state index is 0.0356. The van der Waals surface area contributed by atoms with Crippen LogP contribution in [-0.4, -0.2) is 32.1 Å². The van der Waals surface area contributed by atoms with Crippen molar-refractivity contribution in [1.82, 2.24) is 0 Å². The van der Waals surface area contributed by atoms with Gasteiger partial charge >= 0.3 is 0 Å². The van der Waals surface area contributed by atoms with Crippen LogP contribution in [0.2, 0.25) is 18.1 Å². The van der Waals surface area contributed by atoms with Gasteiger partial charge in [0.1, 0.15) is 5.75 Å². The molecule has 0 aliphatic carbocycles. The molecule has 1 rings (SSSR count). The summed E-state index contributed by atoms with van der Waals surface area (Å²) in [6.45, 7) is 22.9. The average molecular weight is 573 g/mol. The van der Waals surface area contributed by atoms with Crippen LogP contribution in [0.5, 0.6) is 5.75 Å². The van der Waals surface area contributed by atoms with Gasteiger partial charge < -0.3 is 13.9 Å². The van der Waals surface area contributed by atoms with E-state index in [4.69, 9.17) is 13.9 Å². The Morgan fingerprint density at radius 3 is 2.12 bits per heavy atom. The summed E-state index contributed by atoms with van der Waals surface area (Å²) in [5.41, 5.74) is 1.15. The highest BCUT2D eigenvalue weighted by molar-refractivity contribution is 14.1. The number of ether oxygens (including phenoxy) is 2. The molecular weight excluding hydrogens is 527 g/mol. The first kappa shape index (κ1) is 29.4. The second-order valence-electron chi connectivity index (χ2n) is 10.4. The standard InChI is InChI=1S/C27H45IO3Si/c1-11-12-13-20(2)25(30-19-23-14-16-24(29-8)17-15-23)22(4)26(21(3)18-28)31-32(9,10)27(5,6)7/h11-17,20-22,25-26H,1,18-19H2,2-10H3/b13-12-/t20-,21-,22+,25-,26+/m0/s1. The van der Waals surface area contributed by atoms with Crippen molar-refractivity contribution in [2.24, 2.45) is 17.8 Å². The summed E-state index contributed by atoms with van der Waals surface area (Å²) >= 11 is 2.49. The van der Waals surface area contributed by atoms with Crippen molar-refractivity contribution >= 4 is 30.9 Å². The molecule has 0 bridgehead atoms. The van der Waals surface area contributed by atoms with Crippen molar-refractivity contribution in [3.63, 3.8) is 0 Å². The molecule has 1 aromatic rings. The zero-order valence-corrected chi connectivity index (χ0v) is 24.8. The largest absolute Gasteiger partial charge is 0.497 e. The summed E-state index contributed by atoms with van der Waals surface area (Å²) in [6.07, 6.45) is 6.23. The molecule has 1 aromatic carbocycles. The fourth-order valence-corrected chi connectivity index (χ4v) is 5.58. The quantitative estimate of drug-likeness (QED) is 0.104. The highest BCUT2D eigenvalue weighted by Crippen LogP contribution is 2.40. The number of hydrogen-bond donors (Lipinski definition) is 0. The van der Waals surface area contributed by atoms with E-state index in [-0.39, 0.29) is 29.1 Å². The van der Waals surface area contributed by atoms with E-state index in [1.807, 2.05) is 24.3 Å². The van der Waals surface area contributed by atoms with Crippen LogP contribution in [0.3, 0.4) is 0 Å². The summed E-state index contributed by atoms with van der Waals surface area (Å²) in [7, 11) is -0.232. The molecule has 0 aliphatic heterocycles. The van der Waals surface area contributed by atoms with Crippen LogP contribution in [-0.2, 0) is 15.8 Å². The summed E-state index contributed by atoms with van der Waals surface area (Å²) in [4.78, 5) is 0. The van der Waals surface area contributed by atoms with Gasteiger partial charge in [0, 0.05) is 16.3 Å². The van der Waals surface area contributed by atoms with Gasteiger partial charge in [0.25, 0.3) is 0 Å². The molecule has 0 N–H and O–H groups in total. The molecule has 182 valence electrons. The maximum atomic E-state index is 7.03. The van der Waals surface area contributed by atoms with Gasteiger partial charge in [-0.05, 0) is 41.7 Å². The summed E-state index contributed by atoms with van der Waals surface area (Å²) in [5.74, 6) is 1.80. The van der Waals surface area contributed by atoms with Gasteiger partial charge in [0.05, 0.1) is 25.9 Å². The van der Waals surface area contributed by atoms with Crippen LogP contribution in [0.15, 0.2) is 49.1 Å². The Morgan fingerprint density at radius 1 is 1.06 bits per heavy atom. The SMILES string of the molecule is C=C/C=C\[C@H](C)[C@H](OCc1ccc(OC)cc1)[C@@H](C)[C@H](O[Si](C)(C)C(C)(C)C)[C@@H](C)CI. The molecule has 0 saturated heterocycles. The first-order valence-corrected chi connectivity index (χ1v) is 16.1. The van der Waals surface area contributed by atoms with E-state index in [1.54, 1.807) is 7.11 Å². The lowest BCUT2D eigenvalue weighted by molar-refractivity contribution is -0.0619. The molecule has 0 spiro atoms. The zero-order valence-electron chi connectivity index (χ0n) is 21.7. The molecule has 0 saturated carbocycles. The predicted molar refractivity (Wildman–Crippen MR) is 149 cm³/mol. The second kappa shape index (κ2) is 13.3. The Balaban J connectivity index is 3.18. The number of methoxy groups -OCH3 is 1. The topological polar surface area (TPSA) is 27.7 Å². The van der Waals surface area contributed by atoms with Gasteiger partial charge in [-0.25, -0.2) is 0 Å². The Bertz CT molecular complexity index is 709. The van der Waals surface area contributed by atoms with Crippen molar-refractivity contribution in [3.05, 3.63) is 54.6 Å². The summed E-state index contributed by atoms with van der Waals surface area (Å²) in [5, 5.41) is 0.170. The molecule has 3 nitrogen and oxygen atoms in total. The van der Waals surface area contributed by atoms with Gasteiger partial charge in [-0.3, -0.25) is 0 Å². The van der Waals surface area contributed by atoms with Gasteiger partial charge in [-0.2, -0.15) is 0 Å². The highest BCUT2D eigenvalue weighted by atomic mass is 127. The van der Waals surface area contributed by atoms with Crippen LogP contribution in [0.4, 0.5) is 0 Å². The first-order chi connectivity index (χ1) is 14.9. The highest BCUT2D eigenvalue weighted by Gasteiger charge is 2.43. The normalized spacial score (nSPS) is 17.6. The smallest absolute Gasteiger partial charge is 0.192 e. The molecule has 0 fully saturated rings. The zero-order chi connectivity index (χ0) is 24.5. The lowest BCUT2D eigenvalue weighted by Crippen LogP contribution is -2.50. The van der Waals surface area contributed by atoms with E-state index in [9.17, 15) is 0 Å². The van der Waals surface area contributed by atoms with Crippen molar-refractivity contribution in [2.75, 3.05) is 11.5 Å². The lowest BCUT2D eigenvalue weighted by Gasteiger charge is -2.44. The number of hydrogen-bond acceptors (Lipinski definition) is 3. The Morgan fingerprint density at radius 2 is 1.66 bits per heavy atom. The van der Waals surface area contributed by atoms with Crippen LogP contribution >= 0.6 is 22.6 Å². The molecular formula is C27H45IO3Si. The lowest BCUT2D eigenvalue weighted by atomic mass is 9.84. The van der Waals surface area contributed by atoms with E-state index < -0.39 is 8.32 Å². The minimum atomic E-state index is -1.92. The monoisotopic (exact) mass is 572 g/mol. The van der Waals surface area contributed by atoms with Crippen LogP contribution in [0.25, 0.3) is 0 Å². The summed E-state index contributed by atoms with van der Waals surface area (Å²) < 4.78 is 20.0. The number of allylic oxidation sites excluding steroid dienone is 2. The third kappa shape index (κ3) is 8.62. The van der Waals surface area contributed by atoms with Gasteiger partial charge in [0.2, 0.25) is 0 Å². The number of alkyl halides is 1. The molecule has 5 atom stereocenters. The Kier molecular flexibility index (Phi) is 12.2. The molecule has 0 radical (unpaired) electrons. The number of rotatable bonds is 13. The first-order valence-electron chi connectivity index (χ1n) is 11.7. The van der Waals surface area contributed by atoms with Crippen LogP contribution in [0.1, 0.15) is 47.1 Å². The third-order valence-electron chi connectivity index (χ3n) is 6.75. The maximum Gasteiger partial charge on any atom is 0.192 e. The molecule has 0 amide bonds. The van der Waals surface area contributed by atoms with Gasteiger partial charge in [-0.15, -0.1) is 0 Å². The molecule has 0 heterocycles. The second-order valence-corrected chi connectivity index (χ2v) is 16.1. The molecule has 0 aromatic heterocycles. The fraction of sp³-hybridized carbons (Fsp3) is 0.630. The van der Waals surface area contributed by atoms with Crippen molar-refractivity contribution in [3.8, 4) is 5.75 Å². The van der Waals surface area contributed by atoms with E-state index in [0.717, 1.165) is 15.7 Å². The molecule has 32 heavy (non-hydrogen) atoms. The van der Waals surface area contributed by atoms with Crippen LogP contribution in [0, 0.1) is 17.8 Å². The van der Waals surface area contributed by atoms with Crippen LogP contribution < -0.4 is 4.74 Å². The summed E-state index contributed by atoms with van der Waals surface area (Å²) in [6, 6.07) is 8.11. The average Bonchev–Trinajstić information content (AvgIpc) is 2.75. The van der Waals surface area contributed by atoms with E-state index in [2.05, 4.69) is 102 Å². The Hall–Kier alpha value is -0.633. The Labute approximate surface area is 212 Å². The number of benzene rings is 1. The molecule has 0 aliphatic rings. The third-order valence-corrected chi connectivity index (χ3v) is 12.6. The minimum Gasteiger partial charge on any atom is -0.497 e. The predicted octanol–water partition coefficient (Wildman–Crippen LogP) is 8.06. The van der Waals surface area contributed by atoms with E-state index in [1.165, 1.54) is 0 Å². The van der Waals surface area contributed by atoms with Crippen molar-refractivity contribution in [1.29, 1.82) is 0 Å². The van der Waals surface area contributed by atoms with Gasteiger partial charge in [0.15, 0.2) is 8.32 Å². The number of halogens is 1. The van der Waals surface area contributed by atoms with E-state index >= 15 is 0 Å². The van der Waals surface area contributed by atoms with E-state index in [0.29, 0.717) is 12.5 Å². The molecule has 5 heteroatoms. The van der Waals surface area contributed by atoms with Crippen molar-refractivity contribution in [2.45, 2.75) is 78.5 Å². The van der Waals surface area contributed by atoms with Gasteiger partial charge in [-0.1, -0.05) is 101 Å².